The summed E-state index contributed by atoms with van der Waals surface area (Å²) in [7, 11) is 1.60. The molecule has 0 saturated heterocycles. The van der Waals surface area contributed by atoms with Crippen LogP contribution in [-0.4, -0.2) is 23.9 Å². The molecule has 1 amide bonds. The SMILES string of the molecule is COc1cccc2nc(NC(=O)CCl)sc12. The molecule has 0 aliphatic carbocycles. The average molecular weight is 257 g/mol. The Bertz CT molecular complexity index is 527. The molecule has 1 aromatic heterocycles. The van der Waals surface area contributed by atoms with Gasteiger partial charge < -0.3 is 10.1 Å². The maximum absolute atomic E-state index is 11.1. The number of amides is 1. The van der Waals surface area contributed by atoms with E-state index in [4.69, 9.17) is 16.3 Å². The number of fused-ring (bicyclic) bond motifs is 1. The third-order valence-corrected chi connectivity index (χ3v) is 3.21. The number of alkyl halides is 1. The Kier molecular flexibility index (Phi) is 3.26. The first-order valence-electron chi connectivity index (χ1n) is 4.54. The molecule has 1 N–H and O–H groups in total. The van der Waals surface area contributed by atoms with Crippen molar-refractivity contribution in [2.24, 2.45) is 0 Å². The topological polar surface area (TPSA) is 51.2 Å². The van der Waals surface area contributed by atoms with E-state index >= 15 is 0 Å². The van der Waals surface area contributed by atoms with Gasteiger partial charge >= 0.3 is 0 Å². The Balaban J connectivity index is 2.39. The summed E-state index contributed by atoms with van der Waals surface area (Å²) in [5.41, 5.74) is 0.800. The summed E-state index contributed by atoms with van der Waals surface area (Å²) in [4.78, 5) is 15.4. The standard InChI is InChI=1S/C10H9ClN2O2S/c1-15-7-4-2-3-6-9(7)16-10(12-6)13-8(14)5-11/h2-4H,5H2,1H3,(H,12,13,14). The lowest BCUT2D eigenvalue weighted by Crippen LogP contribution is -2.11. The molecule has 0 radical (unpaired) electrons. The van der Waals surface area contributed by atoms with Gasteiger partial charge in [0.2, 0.25) is 5.91 Å². The Morgan fingerprint density at radius 3 is 3.12 bits per heavy atom. The fourth-order valence-corrected chi connectivity index (χ4v) is 2.33. The molecule has 1 heterocycles. The van der Waals surface area contributed by atoms with Crippen LogP contribution in [0.3, 0.4) is 0 Å². The van der Waals surface area contributed by atoms with Crippen molar-refractivity contribution in [3.8, 4) is 5.75 Å². The number of methoxy groups -OCH3 is 1. The molecule has 0 aliphatic rings. The molecule has 0 saturated carbocycles. The molecule has 0 spiro atoms. The van der Waals surface area contributed by atoms with Crippen LogP contribution in [0.4, 0.5) is 5.13 Å². The minimum absolute atomic E-state index is 0.0763. The van der Waals surface area contributed by atoms with E-state index < -0.39 is 0 Å². The van der Waals surface area contributed by atoms with Gasteiger partial charge in [-0.2, -0.15) is 0 Å². The lowest BCUT2D eigenvalue weighted by atomic mass is 10.3. The van der Waals surface area contributed by atoms with E-state index in [1.165, 1.54) is 11.3 Å². The van der Waals surface area contributed by atoms with Gasteiger partial charge in [-0.15, -0.1) is 11.6 Å². The first-order chi connectivity index (χ1) is 7.74. The van der Waals surface area contributed by atoms with Crippen molar-refractivity contribution in [2.75, 3.05) is 18.3 Å². The van der Waals surface area contributed by atoms with Gasteiger partial charge in [-0.05, 0) is 12.1 Å². The van der Waals surface area contributed by atoms with Gasteiger partial charge in [0.1, 0.15) is 11.6 Å². The summed E-state index contributed by atoms with van der Waals surface area (Å²) in [6.45, 7) is 0. The largest absolute Gasteiger partial charge is 0.495 e. The number of hydrogen-bond donors (Lipinski definition) is 1. The summed E-state index contributed by atoms with van der Waals surface area (Å²) in [6, 6.07) is 5.58. The highest BCUT2D eigenvalue weighted by molar-refractivity contribution is 7.22. The molecule has 0 atom stereocenters. The number of halogens is 1. The van der Waals surface area contributed by atoms with Crippen LogP contribution in [0.1, 0.15) is 0 Å². The Morgan fingerprint density at radius 1 is 1.62 bits per heavy atom. The number of hydrogen-bond acceptors (Lipinski definition) is 4. The normalized spacial score (nSPS) is 10.4. The first-order valence-corrected chi connectivity index (χ1v) is 5.89. The van der Waals surface area contributed by atoms with E-state index in [0.717, 1.165) is 16.0 Å². The molecule has 2 aromatic rings. The Morgan fingerprint density at radius 2 is 2.44 bits per heavy atom. The van der Waals surface area contributed by atoms with Crippen molar-refractivity contribution < 1.29 is 9.53 Å². The molecule has 0 fully saturated rings. The van der Waals surface area contributed by atoms with Crippen molar-refractivity contribution in [3.63, 3.8) is 0 Å². The highest BCUT2D eigenvalue weighted by Gasteiger charge is 2.09. The number of nitrogens with zero attached hydrogens (tertiary/aromatic N) is 1. The second kappa shape index (κ2) is 4.67. The lowest BCUT2D eigenvalue weighted by molar-refractivity contribution is -0.113. The molecular weight excluding hydrogens is 248 g/mol. The molecule has 2 rings (SSSR count). The van der Waals surface area contributed by atoms with E-state index in [-0.39, 0.29) is 11.8 Å². The fraction of sp³-hybridized carbons (Fsp3) is 0.200. The zero-order valence-electron chi connectivity index (χ0n) is 8.49. The van der Waals surface area contributed by atoms with Gasteiger partial charge in [-0.3, -0.25) is 4.79 Å². The van der Waals surface area contributed by atoms with Crippen molar-refractivity contribution in [1.82, 2.24) is 4.98 Å². The van der Waals surface area contributed by atoms with Crippen molar-refractivity contribution in [1.29, 1.82) is 0 Å². The third kappa shape index (κ3) is 2.10. The predicted molar refractivity (Wildman–Crippen MR) is 65.5 cm³/mol. The van der Waals surface area contributed by atoms with Gasteiger partial charge in [0.05, 0.1) is 17.3 Å². The number of nitrogens with one attached hydrogen (secondary N) is 1. The number of ether oxygens (including phenoxy) is 1. The maximum Gasteiger partial charge on any atom is 0.241 e. The number of aromatic nitrogens is 1. The fourth-order valence-electron chi connectivity index (χ4n) is 1.29. The van der Waals surface area contributed by atoms with Crippen LogP contribution >= 0.6 is 22.9 Å². The van der Waals surface area contributed by atoms with Crippen LogP contribution in [0.15, 0.2) is 18.2 Å². The number of carbonyl (C=O) groups is 1. The van der Waals surface area contributed by atoms with Gasteiger partial charge in [0.25, 0.3) is 0 Å². The van der Waals surface area contributed by atoms with Crippen LogP contribution in [0, 0.1) is 0 Å². The molecule has 4 nitrogen and oxygen atoms in total. The molecule has 0 aliphatic heterocycles. The highest BCUT2D eigenvalue weighted by Crippen LogP contribution is 2.33. The number of carbonyl (C=O) groups excluding carboxylic acids is 1. The van der Waals surface area contributed by atoms with Gasteiger partial charge in [-0.25, -0.2) is 4.98 Å². The van der Waals surface area contributed by atoms with E-state index in [2.05, 4.69) is 10.3 Å². The monoisotopic (exact) mass is 256 g/mol. The van der Waals surface area contributed by atoms with Gasteiger partial charge in [0.15, 0.2) is 5.13 Å². The first kappa shape index (κ1) is 11.2. The smallest absolute Gasteiger partial charge is 0.241 e. The number of benzene rings is 1. The summed E-state index contributed by atoms with van der Waals surface area (Å²) in [6.07, 6.45) is 0. The highest BCUT2D eigenvalue weighted by atomic mass is 35.5. The Labute approximate surface area is 101 Å². The van der Waals surface area contributed by atoms with Crippen LogP contribution in [-0.2, 0) is 4.79 Å². The third-order valence-electron chi connectivity index (χ3n) is 1.97. The zero-order valence-corrected chi connectivity index (χ0v) is 10.1. The molecular formula is C10H9ClN2O2S. The molecule has 1 aromatic carbocycles. The van der Waals surface area contributed by atoms with Crippen LogP contribution in [0.2, 0.25) is 0 Å². The summed E-state index contributed by atoms with van der Waals surface area (Å²) in [5.74, 6) is 0.411. The minimum atomic E-state index is -0.264. The van der Waals surface area contributed by atoms with Crippen molar-refractivity contribution >= 4 is 44.2 Å². The minimum Gasteiger partial charge on any atom is -0.495 e. The average Bonchev–Trinajstić information content (AvgIpc) is 2.70. The van der Waals surface area contributed by atoms with E-state index in [0.29, 0.717) is 5.13 Å². The summed E-state index contributed by atoms with van der Waals surface area (Å²) in [5, 5.41) is 3.15. The number of thiazole rings is 1. The zero-order chi connectivity index (χ0) is 11.5. The molecule has 0 bridgehead atoms. The predicted octanol–water partition coefficient (Wildman–Crippen LogP) is 2.48. The summed E-state index contributed by atoms with van der Waals surface area (Å²) >= 11 is 6.76. The maximum atomic E-state index is 11.1. The quantitative estimate of drug-likeness (QED) is 0.859. The molecule has 84 valence electrons. The Hall–Kier alpha value is -1.33. The van der Waals surface area contributed by atoms with E-state index in [9.17, 15) is 4.79 Å². The lowest BCUT2D eigenvalue weighted by Gasteiger charge is -1.97. The van der Waals surface area contributed by atoms with Gasteiger partial charge in [0, 0.05) is 0 Å². The molecule has 16 heavy (non-hydrogen) atoms. The van der Waals surface area contributed by atoms with Crippen molar-refractivity contribution in [2.45, 2.75) is 0 Å². The van der Waals surface area contributed by atoms with Crippen molar-refractivity contribution in [3.05, 3.63) is 18.2 Å². The number of rotatable bonds is 3. The van der Waals surface area contributed by atoms with Crippen LogP contribution < -0.4 is 10.1 Å². The second-order valence-electron chi connectivity index (χ2n) is 3.01. The molecule has 0 unspecified atom stereocenters. The van der Waals surface area contributed by atoms with E-state index in [1.54, 1.807) is 7.11 Å². The number of anilines is 1. The molecule has 6 heteroatoms. The second-order valence-corrected chi connectivity index (χ2v) is 4.28. The van der Waals surface area contributed by atoms with Crippen LogP contribution in [0.5, 0.6) is 5.75 Å². The van der Waals surface area contributed by atoms with E-state index in [1.807, 2.05) is 18.2 Å². The van der Waals surface area contributed by atoms with Gasteiger partial charge in [-0.1, -0.05) is 17.4 Å². The summed E-state index contributed by atoms with van der Waals surface area (Å²) < 4.78 is 6.12. The van der Waals surface area contributed by atoms with Crippen LogP contribution in [0.25, 0.3) is 10.2 Å².